The molecule has 0 saturated carbocycles. The summed E-state index contributed by atoms with van der Waals surface area (Å²) >= 11 is 1.13. The fraction of sp³-hybridized carbons (Fsp3) is 0.267. The van der Waals surface area contributed by atoms with Crippen molar-refractivity contribution >= 4 is 28.8 Å². The summed E-state index contributed by atoms with van der Waals surface area (Å²) in [5.74, 6) is -0.444. The highest BCUT2D eigenvalue weighted by Crippen LogP contribution is 2.39. The number of carbonyl (C=O) groups is 1. The van der Waals surface area contributed by atoms with Crippen molar-refractivity contribution in [2.45, 2.75) is 24.4 Å². The molecule has 132 valence electrons. The van der Waals surface area contributed by atoms with Crippen LogP contribution in [0.1, 0.15) is 29.3 Å². The monoisotopic (exact) mass is 370 g/mol. The van der Waals surface area contributed by atoms with Gasteiger partial charge in [0, 0.05) is 11.1 Å². The van der Waals surface area contributed by atoms with E-state index in [1.807, 2.05) is 6.92 Å². The fourth-order valence-electron chi connectivity index (χ4n) is 2.23. The van der Waals surface area contributed by atoms with Gasteiger partial charge in [0.1, 0.15) is 0 Å². The predicted molar refractivity (Wildman–Crippen MR) is 86.2 cm³/mol. The van der Waals surface area contributed by atoms with Crippen molar-refractivity contribution in [1.82, 2.24) is 19.7 Å². The third-order valence-electron chi connectivity index (χ3n) is 3.38. The van der Waals surface area contributed by atoms with Gasteiger partial charge in [-0.25, -0.2) is 14.5 Å². The van der Waals surface area contributed by atoms with Crippen LogP contribution in [0.4, 0.5) is 13.2 Å². The molecule has 0 amide bonds. The average molecular weight is 370 g/mol. The van der Waals surface area contributed by atoms with Crippen LogP contribution in [0.3, 0.4) is 0 Å². The van der Waals surface area contributed by atoms with E-state index in [4.69, 9.17) is 5.11 Å². The first-order valence-corrected chi connectivity index (χ1v) is 8.30. The van der Waals surface area contributed by atoms with Crippen LogP contribution in [-0.2, 0) is 6.18 Å². The van der Waals surface area contributed by atoms with Gasteiger partial charge in [-0.05, 0) is 24.3 Å². The molecule has 0 unspecified atom stereocenters. The summed E-state index contributed by atoms with van der Waals surface area (Å²) in [6.07, 6.45) is -1.36. The van der Waals surface area contributed by atoms with E-state index in [9.17, 15) is 18.0 Å². The molecule has 0 aliphatic heterocycles. The molecule has 0 saturated heterocycles. The summed E-state index contributed by atoms with van der Waals surface area (Å²) in [7, 11) is 0. The molecular weight excluding hydrogens is 357 g/mol. The van der Waals surface area contributed by atoms with Crippen molar-refractivity contribution in [3.63, 3.8) is 0 Å². The number of benzene rings is 1. The number of H-pyrrole nitrogens is 1. The van der Waals surface area contributed by atoms with Gasteiger partial charge in [0.15, 0.2) is 0 Å². The number of carboxylic acid groups (broad SMARTS) is 1. The first kappa shape index (κ1) is 17.3. The van der Waals surface area contributed by atoms with Crippen LogP contribution < -0.4 is 0 Å². The highest BCUT2D eigenvalue weighted by Gasteiger charge is 2.34. The van der Waals surface area contributed by atoms with Crippen LogP contribution in [0, 0.1) is 0 Å². The summed E-state index contributed by atoms with van der Waals surface area (Å²) < 4.78 is 41.1. The van der Waals surface area contributed by atoms with Gasteiger partial charge in [-0.2, -0.15) is 18.3 Å². The molecule has 0 fully saturated rings. The minimum Gasteiger partial charge on any atom is -0.478 e. The molecule has 2 heterocycles. The van der Waals surface area contributed by atoms with Crippen LogP contribution in [0.25, 0.3) is 17.0 Å². The SMILES string of the molecule is CCCSc1cc2nc(-n3cc(C(=O)O)cn3)[nH]c2cc1C(F)(F)F. The molecule has 25 heavy (non-hydrogen) atoms. The molecule has 10 heteroatoms. The number of nitrogens with one attached hydrogen (secondary N) is 1. The smallest absolute Gasteiger partial charge is 0.417 e. The highest BCUT2D eigenvalue weighted by atomic mass is 32.2. The number of hydrogen-bond donors (Lipinski definition) is 2. The Bertz CT molecular complexity index is 933. The number of rotatable bonds is 5. The Morgan fingerprint density at radius 3 is 2.76 bits per heavy atom. The second-order valence-electron chi connectivity index (χ2n) is 5.25. The zero-order valence-electron chi connectivity index (χ0n) is 13.0. The van der Waals surface area contributed by atoms with E-state index >= 15 is 0 Å². The zero-order valence-corrected chi connectivity index (χ0v) is 13.8. The Kier molecular flexibility index (Phi) is 4.46. The number of imidazole rings is 1. The molecule has 0 bridgehead atoms. The lowest BCUT2D eigenvalue weighted by molar-refractivity contribution is -0.139. The number of fused-ring (bicyclic) bond motifs is 1. The molecule has 0 atom stereocenters. The topological polar surface area (TPSA) is 83.8 Å². The molecular formula is C15H13F3N4O2S. The number of hydrogen-bond acceptors (Lipinski definition) is 4. The number of thioether (sulfide) groups is 1. The third kappa shape index (κ3) is 3.48. The standard InChI is InChI=1S/C15H13F3N4O2S/c1-2-3-25-12-5-11-10(4-9(12)15(16,17)18)20-14(21-11)22-7-8(6-19-22)13(23)24/h4-7H,2-3H2,1H3,(H,20,21)(H,23,24). The number of aromatic carboxylic acids is 1. The van der Waals surface area contributed by atoms with E-state index < -0.39 is 17.7 Å². The van der Waals surface area contributed by atoms with Crippen LogP contribution >= 0.6 is 11.8 Å². The number of nitrogens with zero attached hydrogens (tertiary/aromatic N) is 3. The van der Waals surface area contributed by atoms with Crippen molar-refractivity contribution in [2.24, 2.45) is 0 Å². The summed E-state index contributed by atoms with van der Waals surface area (Å²) in [6.45, 7) is 1.89. The second-order valence-corrected chi connectivity index (χ2v) is 6.39. The number of aromatic nitrogens is 4. The molecule has 3 rings (SSSR count). The number of aromatic amines is 1. The molecule has 1 aromatic carbocycles. The molecule has 0 aliphatic carbocycles. The normalized spacial score (nSPS) is 12.0. The van der Waals surface area contributed by atoms with E-state index in [1.54, 1.807) is 0 Å². The lowest BCUT2D eigenvalue weighted by atomic mass is 10.2. The lowest BCUT2D eigenvalue weighted by Crippen LogP contribution is -2.07. The van der Waals surface area contributed by atoms with Crippen LogP contribution in [0.5, 0.6) is 0 Å². The van der Waals surface area contributed by atoms with Crippen LogP contribution in [-0.4, -0.2) is 36.6 Å². The molecule has 6 nitrogen and oxygen atoms in total. The quantitative estimate of drug-likeness (QED) is 0.664. The second kappa shape index (κ2) is 6.43. The minimum absolute atomic E-state index is 0.0457. The fourth-order valence-corrected chi connectivity index (χ4v) is 3.18. The Morgan fingerprint density at radius 1 is 1.40 bits per heavy atom. The Hall–Kier alpha value is -2.49. The summed E-state index contributed by atoms with van der Waals surface area (Å²) in [4.78, 5) is 18.0. The van der Waals surface area contributed by atoms with Gasteiger partial charge < -0.3 is 10.1 Å². The van der Waals surface area contributed by atoms with E-state index in [2.05, 4.69) is 15.1 Å². The molecule has 0 spiro atoms. The van der Waals surface area contributed by atoms with E-state index in [-0.39, 0.29) is 21.9 Å². The maximum Gasteiger partial charge on any atom is 0.417 e. The van der Waals surface area contributed by atoms with Gasteiger partial charge in [0.2, 0.25) is 5.95 Å². The van der Waals surface area contributed by atoms with Gasteiger partial charge in [0.25, 0.3) is 0 Å². The number of alkyl halides is 3. The van der Waals surface area contributed by atoms with Crippen LogP contribution in [0.15, 0.2) is 29.4 Å². The lowest BCUT2D eigenvalue weighted by Gasteiger charge is -2.12. The Balaban J connectivity index is 2.08. The van der Waals surface area contributed by atoms with E-state index in [0.29, 0.717) is 11.3 Å². The molecule has 3 aromatic rings. The van der Waals surface area contributed by atoms with Gasteiger partial charge in [-0.1, -0.05) is 6.92 Å². The van der Waals surface area contributed by atoms with Crippen LogP contribution in [0.2, 0.25) is 0 Å². The van der Waals surface area contributed by atoms with E-state index in [0.717, 1.165) is 30.4 Å². The number of carboxylic acids is 1. The average Bonchev–Trinajstić information content (AvgIpc) is 3.17. The Morgan fingerprint density at radius 2 is 2.16 bits per heavy atom. The van der Waals surface area contributed by atoms with Gasteiger partial charge in [-0.15, -0.1) is 11.8 Å². The van der Waals surface area contributed by atoms with Crippen molar-refractivity contribution < 1.29 is 23.1 Å². The zero-order chi connectivity index (χ0) is 18.2. The molecule has 0 radical (unpaired) electrons. The van der Waals surface area contributed by atoms with Crippen molar-refractivity contribution in [2.75, 3.05) is 5.75 Å². The van der Waals surface area contributed by atoms with Gasteiger partial charge >= 0.3 is 12.1 Å². The first-order chi connectivity index (χ1) is 11.8. The molecule has 2 N–H and O–H groups in total. The minimum atomic E-state index is -4.47. The first-order valence-electron chi connectivity index (χ1n) is 7.31. The molecule has 0 aliphatic rings. The summed E-state index contributed by atoms with van der Waals surface area (Å²) in [5.41, 5.74) is -0.208. The van der Waals surface area contributed by atoms with Gasteiger partial charge in [0.05, 0.1) is 28.4 Å². The predicted octanol–water partition coefficient (Wildman–Crippen LogP) is 3.97. The van der Waals surface area contributed by atoms with Gasteiger partial charge in [-0.3, -0.25) is 0 Å². The van der Waals surface area contributed by atoms with Crippen molar-refractivity contribution in [1.29, 1.82) is 0 Å². The largest absolute Gasteiger partial charge is 0.478 e. The number of halogens is 3. The summed E-state index contributed by atoms with van der Waals surface area (Å²) in [5, 5.41) is 12.8. The highest BCUT2D eigenvalue weighted by molar-refractivity contribution is 7.99. The third-order valence-corrected chi connectivity index (χ3v) is 4.65. The summed E-state index contributed by atoms with van der Waals surface area (Å²) in [6, 6.07) is 2.41. The van der Waals surface area contributed by atoms with Crippen molar-refractivity contribution in [3.8, 4) is 5.95 Å². The molecule has 2 aromatic heterocycles. The maximum atomic E-state index is 13.3. The van der Waals surface area contributed by atoms with E-state index in [1.165, 1.54) is 16.9 Å². The van der Waals surface area contributed by atoms with Crippen molar-refractivity contribution in [3.05, 3.63) is 35.7 Å². The Labute approximate surface area is 144 Å². The maximum absolute atomic E-state index is 13.3.